The van der Waals surface area contributed by atoms with E-state index in [0.29, 0.717) is 19.3 Å². The molecule has 3 aliphatic heterocycles. The smallest absolute Gasteiger partial charge is 0.202 e. The molecule has 0 spiro atoms. The quantitative estimate of drug-likeness (QED) is 0.155. The van der Waals surface area contributed by atoms with Gasteiger partial charge in [-0.1, -0.05) is 25.6 Å². The van der Waals surface area contributed by atoms with Crippen LogP contribution < -0.4 is 0 Å². The summed E-state index contributed by atoms with van der Waals surface area (Å²) < 4.78 is 49.8. The Labute approximate surface area is 349 Å². The van der Waals surface area contributed by atoms with Gasteiger partial charge in [0.1, 0.15) is 35.6 Å². The molecule has 16 heteroatoms. The van der Waals surface area contributed by atoms with E-state index in [1.165, 1.54) is 32.4 Å². The van der Waals surface area contributed by atoms with E-state index in [-0.39, 0.29) is 59.1 Å². The molecule has 4 N–H and O–H groups in total. The van der Waals surface area contributed by atoms with Crippen molar-refractivity contribution in [1.82, 2.24) is 4.90 Å². The third-order valence-electron chi connectivity index (χ3n) is 13.1. The van der Waals surface area contributed by atoms with Crippen molar-refractivity contribution in [3.05, 3.63) is 63.9 Å². The molecule has 3 fully saturated rings. The minimum Gasteiger partial charge on any atom is -0.507 e. The number of hydrogen-bond acceptors (Lipinski definition) is 16. The first-order valence-electron chi connectivity index (χ1n) is 20.6. The normalized spacial score (nSPS) is 35.5. The molecule has 0 bridgehead atoms. The lowest BCUT2D eigenvalue weighted by molar-refractivity contribution is -0.324. The fourth-order valence-electron chi connectivity index (χ4n) is 9.81. The van der Waals surface area contributed by atoms with Gasteiger partial charge in [-0.05, 0) is 47.4 Å². The van der Waals surface area contributed by atoms with Crippen LogP contribution in [0.25, 0.3) is 0 Å². The topological polar surface area (TPSA) is 209 Å². The number of phenols is 3. The second kappa shape index (κ2) is 17.1. The fraction of sp³-hybridized carbons (Fsp3) is 0.614. The number of ketones is 3. The molecule has 328 valence electrons. The highest BCUT2D eigenvalue weighted by Gasteiger charge is 2.55. The standard InChI is InChI=1S/C44H57NO15/c1-10-44(54-9)18-28(33-34(37(44)20(3)53-8)41(52)35-36(40(33)51)39(50)32-23(38(35)49)12-11-13-26(32)47)58-30-16-24(45(6)7)42(21(4)56-30)60-31-17-27(48)43(22(5)57-31)59-29-15-14-25(46)19(2)55-29/h11-13,19,21-22,24,27-31,37,42-43,47-48,51-52H,3,10,14-18H2,1-2,4-9H3. The largest absolute Gasteiger partial charge is 0.507 e. The van der Waals surface area contributed by atoms with E-state index >= 15 is 0 Å². The van der Waals surface area contributed by atoms with Crippen molar-refractivity contribution in [3.8, 4) is 17.2 Å². The highest BCUT2D eigenvalue weighted by atomic mass is 16.7. The van der Waals surface area contributed by atoms with Crippen LogP contribution in [0.1, 0.15) is 121 Å². The highest BCUT2D eigenvalue weighted by molar-refractivity contribution is 6.31. The molecule has 60 heavy (non-hydrogen) atoms. The lowest BCUT2D eigenvalue weighted by Gasteiger charge is -2.49. The number of likely N-dealkylation sites (N-methyl/N-ethyl adjacent to an activating group) is 1. The summed E-state index contributed by atoms with van der Waals surface area (Å²) in [6, 6.07) is 3.76. The summed E-state index contributed by atoms with van der Waals surface area (Å²) in [5.41, 5.74) is -2.28. The number of carbonyl (C=O) groups is 3. The number of fused-ring (bicyclic) bond motifs is 3. The first-order valence-corrected chi connectivity index (χ1v) is 20.6. The van der Waals surface area contributed by atoms with E-state index in [2.05, 4.69) is 6.58 Å². The van der Waals surface area contributed by atoms with Crippen LogP contribution in [-0.4, -0.2) is 138 Å². The van der Waals surface area contributed by atoms with E-state index in [4.69, 9.17) is 37.9 Å². The monoisotopic (exact) mass is 839 g/mol. The van der Waals surface area contributed by atoms with Crippen LogP contribution in [0.15, 0.2) is 30.5 Å². The van der Waals surface area contributed by atoms with Gasteiger partial charge in [-0.15, -0.1) is 0 Å². The average molecular weight is 840 g/mol. The first kappa shape index (κ1) is 44.1. The van der Waals surface area contributed by atoms with Crippen LogP contribution in [-0.2, 0) is 42.7 Å². The third kappa shape index (κ3) is 7.53. The number of carbonyl (C=O) groups excluding carboxylic acids is 3. The molecule has 5 aliphatic rings. The van der Waals surface area contributed by atoms with Gasteiger partial charge >= 0.3 is 0 Å². The second-order valence-electron chi connectivity index (χ2n) is 16.7. The van der Waals surface area contributed by atoms with E-state index in [1.54, 1.807) is 13.8 Å². The number of phenolic OH excluding ortho intramolecular Hbond substituents is 3. The zero-order valence-electron chi connectivity index (χ0n) is 35.3. The summed E-state index contributed by atoms with van der Waals surface area (Å²) in [7, 11) is 6.72. The SMILES string of the molecule is C=C(OC)C1c2c(O)c3c(c(O)c2C(OC2CC(N(C)C)C(OC4CC(O)C(OC5CCC(=O)C(C)O5)C(C)O4)C(C)O2)CC1(CC)OC)C(=O)c1c(O)cccc1C3=O. The van der Waals surface area contributed by atoms with Gasteiger partial charge in [0.25, 0.3) is 0 Å². The van der Waals surface area contributed by atoms with Crippen LogP contribution in [0.2, 0.25) is 0 Å². The van der Waals surface area contributed by atoms with Crippen LogP contribution in [0, 0.1) is 0 Å². The Hall–Kier alpha value is -3.97. The zero-order valence-corrected chi connectivity index (χ0v) is 35.3. The van der Waals surface area contributed by atoms with E-state index < -0.39 is 113 Å². The van der Waals surface area contributed by atoms with Gasteiger partial charge in [0, 0.05) is 61.9 Å². The van der Waals surface area contributed by atoms with Gasteiger partial charge in [0.05, 0.1) is 65.5 Å². The molecule has 0 aromatic heterocycles. The maximum atomic E-state index is 14.1. The lowest BCUT2D eigenvalue weighted by Crippen LogP contribution is -2.58. The molecule has 2 aliphatic carbocycles. The predicted molar refractivity (Wildman–Crippen MR) is 212 cm³/mol. The minimum absolute atomic E-state index is 0.0110. The predicted octanol–water partition coefficient (Wildman–Crippen LogP) is 4.50. The number of aliphatic hydroxyl groups excluding tert-OH is 1. The summed E-state index contributed by atoms with van der Waals surface area (Å²) >= 11 is 0. The highest BCUT2D eigenvalue weighted by Crippen LogP contribution is 2.59. The second-order valence-corrected chi connectivity index (χ2v) is 16.7. The number of aliphatic hydroxyl groups is 1. The Morgan fingerprint density at radius 3 is 2.10 bits per heavy atom. The van der Waals surface area contributed by atoms with E-state index in [1.807, 2.05) is 32.8 Å². The van der Waals surface area contributed by atoms with Gasteiger partial charge in [-0.25, -0.2) is 0 Å². The van der Waals surface area contributed by atoms with Gasteiger partial charge in [0.15, 0.2) is 30.4 Å². The lowest BCUT2D eigenvalue weighted by atomic mass is 9.65. The maximum Gasteiger partial charge on any atom is 0.202 e. The summed E-state index contributed by atoms with van der Waals surface area (Å²) in [4.78, 5) is 42.0. The summed E-state index contributed by atoms with van der Waals surface area (Å²) in [6.45, 7) is 11.3. The molecule has 13 atom stereocenters. The summed E-state index contributed by atoms with van der Waals surface area (Å²) in [5, 5.41) is 46.3. The van der Waals surface area contributed by atoms with Crippen LogP contribution in [0.4, 0.5) is 0 Å². The molecule has 2 aromatic rings. The van der Waals surface area contributed by atoms with Gasteiger partial charge in [0.2, 0.25) is 5.78 Å². The number of ether oxygens (including phenoxy) is 8. The minimum atomic E-state index is -1.14. The molecule has 16 nitrogen and oxygen atoms in total. The maximum absolute atomic E-state index is 14.1. The van der Waals surface area contributed by atoms with Gasteiger partial charge in [-0.3, -0.25) is 14.4 Å². The summed E-state index contributed by atoms with van der Waals surface area (Å²) in [5.74, 6) is -3.88. The molecular weight excluding hydrogens is 782 g/mol. The van der Waals surface area contributed by atoms with Crippen LogP contribution in [0.3, 0.4) is 0 Å². The Morgan fingerprint density at radius 2 is 1.48 bits per heavy atom. The number of nitrogens with zero attached hydrogens (tertiary/aromatic N) is 1. The molecule has 0 radical (unpaired) electrons. The van der Waals surface area contributed by atoms with Crippen LogP contribution >= 0.6 is 0 Å². The molecule has 0 amide bonds. The van der Waals surface area contributed by atoms with E-state index in [9.17, 15) is 34.8 Å². The van der Waals surface area contributed by atoms with Crippen molar-refractivity contribution in [3.63, 3.8) is 0 Å². The fourth-order valence-corrected chi connectivity index (χ4v) is 9.81. The number of benzene rings is 2. The molecule has 2 aromatic carbocycles. The molecule has 3 heterocycles. The number of hydrogen-bond donors (Lipinski definition) is 4. The van der Waals surface area contributed by atoms with Crippen molar-refractivity contribution in [2.45, 2.75) is 145 Å². The molecule has 13 unspecified atom stereocenters. The first-order chi connectivity index (χ1) is 28.5. The van der Waals surface area contributed by atoms with Crippen molar-refractivity contribution in [2.75, 3.05) is 28.3 Å². The molecule has 0 saturated carbocycles. The molecule has 3 saturated heterocycles. The van der Waals surface area contributed by atoms with Gasteiger partial charge in [-0.2, -0.15) is 0 Å². The van der Waals surface area contributed by atoms with Crippen molar-refractivity contribution < 1.29 is 72.7 Å². The average Bonchev–Trinajstić information content (AvgIpc) is 3.20. The van der Waals surface area contributed by atoms with Crippen molar-refractivity contribution in [2.24, 2.45) is 0 Å². The van der Waals surface area contributed by atoms with Crippen molar-refractivity contribution >= 4 is 17.3 Å². The zero-order chi connectivity index (χ0) is 43.5. The number of methoxy groups -OCH3 is 2. The summed E-state index contributed by atoms with van der Waals surface area (Å²) in [6.07, 6.45) is -5.82. The molecular formula is C44H57NO15. The third-order valence-corrected chi connectivity index (χ3v) is 13.1. The number of Topliss-reactive ketones (excluding diaryl/α,β-unsaturated/α-hetero) is 1. The Bertz CT molecular complexity index is 2000. The number of rotatable bonds is 11. The number of aromatic hydroxyl groups is 3. The van der Waals surface area contributed by atoms with E-state index in [0.717, 1.165) is 0 Å². The van der Waals surface area contributed by atoms with Crippen molar-refractivity contribution in [1.29, 1.82) is 0 Å². The van der Waals surface area contributed by atoms with Gasteiger partial charge < -0.3 is 63.2 Å². The Morgan fingerprint density at radius 1 is 0.850 bits per heavy atom. The Kier molecular flexibility index (Phi) is 12.5. The van der Waals surface area contributed by atoms with Crippen LogP contribution in [0.5, 0.6) is 17.2 Å². The molecule has 7 rings (SSSR count). The Balaban J connectivity index is 1.17.